The van der Waals surface area contributed by atoms with E-state index in [1.54, 1.807) is 27.7 Å². The van der Waals surface area contributed by atoms with Crippen molar-refractivity contribution in [1.29, 1.82) is 0 Å². The molecule has 1 aromatic rings. The van der Waals surface area contributed by atoms with Crippen molar-refractivity contribution in [3.63, 3.8) is 0 Å². The highest BCUT2D eigenvalue weighted by molar-refractivity contribution is 5.75. The number of aromatic nitrogens is 2. The van der Waals surface area contributed by atoms with Crippen molar-refractivity contribution < 1.29 is 19.4 Å². The van der Waals surface area contributed by atoms with Gasteiger partial charge in [0.25, 0.3) is 5.56 Å². The van der Waals surface area contributed by atoms with Crippen molar-refractivity contribution >= 4 is 5.97 Å². The molecule has 0 amide bonds. The quantitative estimate of drug-likeness (QED) is 0.761. The number of aliphatic hydroxyl groups excluding tert-OH is 1. The first-order chi connectivity index (χ1) is 10.6. The summed E-state index contributed by atoms with van der Waals surface area (Å²) >= 11 is 0. The number of ether oxygens (including phenoxy) is 2. The zero-order chi connectivity index (χ0) is 17.4. The molecule has 128 valence electrons. The number of esters is 1. The average molecular weight is 326 g/mol. The van der Waals surface area contributed by atoms with E-state index in [-0.39, 0.29) is 13.0 Å². The molecular formula is C15H22N2O6. The van der Waals surface area contributed by atoms with Crippen LogP contribution in [0.3, 0.4) is 0 Å². The summed E-state index contributed by atoms with van der Waals surface area (Å²) in [6.07, 6.45) is -0.741. The lowest BCUT2D eigenvalue weighted by atomic mass is 9.97. The van der Waals surface area contributed by atoms with Crippen molar-refractivity contribution in [3.8, 4) is 0 Å². The Morgan fingerprint density at radius 3 is 2.74 bits per heavy atom. The monoisotopic (exact) mass is 326 g/mol. The topological polar surface area (TPSA) is 111 Å². The van der Waals surface area contributed by atoms with Crippen LogP contribution in [-0.4, -0.2) is 39.4 Å². The van der Waals surface area contributed by atoms with Crippen LogP contribution in [0.15, 0.2) is 15.8 Å². The van der Waals surface area contributed by atoms with E-state index >= 15 is 0 Å². The molecule has 0 bridgehead atoms. The second kappa shape index (κ2) is 6.29. The fraction of sp³-hybridized carbons (Fsp3) is 0.667. The van der Waals surface area contributed by atoms with Crippen LogP contribution >= 0.6 is 0 Å². The lowest BCUT2D eigenvalue weighted by Crippen LogP contribution is -2.34. The van der Waals surface area contributed by atoms with Gasteiger partial charge in [-0.05, 0) is 27.7 Å². The summed E-state index contributed by atoms with van der Waals surface area (Å²) in [5, 5.41) is 10.0. The number of H-pyrrole nitrogens is 1. The van der Waals surface area contributed by atoms with Gasteiger partial charge in [-0.1, -0.05) is 0 Å². The van der Waals surface area contributed by atoms with Crippen molar-refractivity contribution in [2.75, 3.05) is 6.61 Å². The molecule has 3 atom stereocenters. The zero-order valence-electron chi connectivity index (χ0n) is 13.7. The molecule has 0 saturated carbocycles. The minimum Gasteiger partial charge on any atom is -0.462 e. The smallest absolute Gasteiger partial charge is 0.330 e. The number of aromatic amines is 1. The van der Waals surface area contributed by atoms with E-state index in [2.05, 4.69) is 4.98 Å². The SMILES string of the molecule is Cc1cn(C2CC(O)C(COC(=O)C(C)(C)C)O2)c(=O)[nH]c1=O. The third-order valence-corrected chi connectivity index (χ3v) is 3.65. The van der Waals surface area contributed by atoms with Gasteiger partial charge in [0, 0.05) is 18.2 Å². The summed E-state index contributed by atoms with van der Waals surface area (Å²) in [6.45, 7) is 6.67. The highest BCUT2D eigenvalue weighted by Gasteiger charge is 2.37. The van der Waals surface area contributed by atoms with Crippen LogP contribution in [0.1, 0.15) is 39.0 Å². The van der Waals surface area contributed by atoms with E-state index < -0.39 is 41.1 Å². The lowest BCUT2D eigenvalue weighted by Gasteiger charge is -2.20. The van der Waals surface area contributed by atoms with Crippen LogP contribution in [0.2, 0.25) is 0 Å². The van der Waals surface area contributed by atoms with Crippen molar-refractivity contribution in [2.45, 2.75) is 52.6 Å². The molecule has 1 aliphatic heterocycles. The third-order valence-electron chi connectivity index (χ3n) is 3.65. The minimum absolute atomic E-state index is 0.0924. The first kappa shape index (κ1) is 17.4. The molecule has 2 rings (SSSR count). The van der Waals surface area contributed by atoms with Crippen LogP contribution in [0.25, 0.3) is 0 Å². The van der Waals surface area contributed by atoms with Crippen LogP contribution in [0, 0.1) is 12.3 Å². The maximum Gasteiger partial charge on any atom is 0.330 e. The Bertz CT molecular complexity index is 699. The molecule has 1 saturated heterocycles. The average Bonchev–Trinajstić information content (AvgIpc) is 2.80. The van der Waals surface area contributed by atoms with Gasteiger partial charge in [-0.25, -0.2) is 4.79 Å². The summed E-state index contributed by atoms with van der Waals surface area (Å²) in [7, 11) is 0. The van der Waals surface area contributed by atoms with Gasteiger partial charge >= 0.3 is 11.7 Å². The lowest BCUT2D eigenvalue weighted by molar-refractivity contribution is -0.159. The van der Waals surface area contributed by atoms with Crippen molar-refractivity contribution in [3.05, 3.63) is 32.6 Å². The molecule has 0 spiro atoms. The number of carbonyl (C=O) groups is 1. The summed E-state index contributed by atoms with van der Waals surface area (Å²) in [4.78, 5) is 37.2. The van der Waals surface area contributed by atoms with Crippen LogP contribution in [0.5, 0.6) is 0 Å². The number of nitrogens with zero attached hydrogens (tertiary/aromatic N) is 1. The Balaban J connectivity index is 2.07. The van der Waals surface area contributed by atoms with Gasteiger partial charge in [0.05, 0.1) is 11.5 Å². The van der Waals surface area contributed by atoms with Crippen LogP contribution in [-0.2, 0) is 14.3 Å². The van der Waals surface area contributed by atoms with Crippen molar-refractivity contribution in [1.82, 2.24) is 9.55 Å². The highest BCUT2D eigenvalue weighted by Crippen LogP contribution is 2.28. The number of nitrogens with one attached hydrogen (secondary N) is 1. The molecule has 0 aromatic carbocycles. The molecule has 1 aliphatic rings. The first-order valence-electron chi connectivity index (χ1n) is 7.42. The van der Waals surface area contributed by atoms with Crippen LogP contribution in [0.4, 0.5) is 0 Å². The maximum absolute atomic E-state index is 11.9. The Morgan fingerprint density at radius 2 is 2.13 bits per heavy atom. The molecule has 8 nitrogen and oxygen atoms in total. The van der Waals surface area contributed by atoms with Gasteiger partial charge in [0.2, 0.25) is 0 Å². The van der Waals surface area contributed by atoms with E-state index in [0.717, 1.165) is 0 Å². The highest BCUT2D eigenvalue weighted by atomic mass is 16.6. The van der Waals surface area contributed by atoms with Gasteiger partial charge in [0.15, 0.2) is 0 Å². The molecule has 2 N–H and O–H groups in total. The standard InChI is InChI=1S/C15H22N2O6/c1-8-6-17(14(21)16-12(8)19)11-5-9(18)10(23-11)7-22-13(20)15(2,3)4/h6,9-11,18H,5,7H2,1-4H3,(H,16,19,21). The van der Waals surface area contributed by atoms with Gasteiger partial charge in [-0.15, -0.1) is 0 Å². The molecule has 0 aliphatic carbocycles. The predicted molar refractivity (Wildman–Crippen MR) is 81.0 cm³/mol. The molecule has 23 heavy (non-hydrogen) atoms. The minimum atomic E-state index is -0.869. The summed E-state index contributed by atoms with van der Waals surface area (Å²) in [5.41, 5.74) is -1.34. The second-order valence-corrected chi connectivity index (χ2v) is 6.76. The molecule has 3 unspecified atom stereocenters. The van der Waals surface area contributed by atoms with E-state index in [1.807, 2.05) is 0 Å². The first-order valence-corrected chi connectivity index (χ1v) is 7.42. The third kappa shape index (κ3) is 3.89. The Morgan fingerprint density at radius 1 is 1.48 bits per heavy atom. The fourth-order valence-electron chi connectivity index (χ4n) is 2.21. The normalized spacial score (nSPS) is 24.7. The summed E-state index contributed by atoms with van der Waals surface area (Å²) < 4.78 is 12.0. The molecule has 1 fully saturated rings. The van der Waals surface area contributed by atoms with E-state index in [0.29, 0.717) is 5.56 Å². The number of rotatable bonds is 3. The summed E-state index contributed by atoms with van der Waals surface area (Å²) in [5.74, 6) is -0.395. The number of hydrogen-bond donors (Lipinski definition) is 2. The van der Waals surface area contributed by atoms with Gasteiger partial charge in [-0.2, -0.15) is 0 Å². The number of aliphatic hydroxyl groups is 1. The Kier molecular flexibility index (Phi) is 4.76. The summed E-state index contributed by atoms with van der Waals surface area (Å²) in [6, 6.07) is 0. The maximum atomic E-state index is 11.9. The van der Waals surface area contributed by atoms with Gasteiger partial charge in [0.1, 0.15) is 18.9 Å². The number of carbonyl (C=O) groups excluding carboxylic acids is 1. The van der Waals surface area contributed by atoms with Gasteiger partial charge < -0.3 is 14.6 Å². The van der Waals surface area contributed by atoms with Crippen LogP contribution < -0.4 is 11.2 Å². The van der Waals surface area contributed by atoms with E-state index in [4.69, 9.17) is 9.47 Å². The molecule has 1 aromatic heterocycles. The van der Waals surface area contributed by atoms with E-state index in [1.165, 1.54) is 10.8 Å². The van der Waals surface area contributed by atoms with Crippen molar-refractivity contribution in [2.24, 2.45) is 5.41 Å². The number of aryl methyl sites for hydroxylation is 1. The largest absolute Gasteiger partial charge is 0.462 e. The molecular weight excluding hydrogens is 304 g/mol. The zero-order valence-corrected chi connectivity index (χ0v) is 13.7. The van der Waals surface area contributed by atoms with Gasteiger partial charge in [-0.3, -0.25) is 19.1 Å². The molecule has 8 heteroatoms. The Labute approximate surface area is 133 Å². The molecule has 0 radical (unpaired) electrons. The molecule has 2 heterocycles. The van der Waals surface area contributed by atoms with E-state index in [9.17, 15) is 19.5 Å². The number of hydrogen-bond acceptors (Lipinski definition) is 6. The fourth-order valence-corrected chi connectivity index (χ4v) is 2.21. The Hall–Kier alpha value is -1.93. The second-order valence-electron chi connectivity index (χ2n) is 6.76. The predicted octanol–water partition coefficient (Wildman–Crippen LogP) is 0.0827.